The van der Waals surface area contributed by atoms with E-state index in [1.807, 2.05) is 0 Å². The summed E-state index contributed by atoms with van der Waals surface area (Å²) >= 11 is 0. The van der Waals surface area contributed by atoms with E-state index < -0.39 is 0 Å². The largest absolute Gasteiger partial charge is 0.399 e. The standard InChI is InChI=1S/C47H55N3/c1-3-5-7-9-11-17-31-47(32-18-12-10-8-6-4-2)41-33-35(48)25-28-37(41)40-29-30-42(49)45(46(40)47)34-23-26-36(27-24-34)50-43-21-15-13-19-38(43)39-20-14-16-22-44(39)50/h13-16,19-30,33H,3-12,17-18,31-32,48-49H2,1-2H3. The number of nitrogens with zero attached hydrogens (tertiary/aromatic N) is 1. The Balaban J connectivity index is 1.32. The smallest absolute Gasteiger partial charge is 0.0541 e. The molecule has 0 saturated heterocycles. The molecule has 0 fully saturated rings. The Hall–Kier alpha value is -4.50. The number of unbranched alkanes of at least 4 members (excludes halogenated alkanes) is 10. The molecule has 0 atom stereocenters. The van der Waals surface area contributed by atoms with Crippen molar-refractivity contribution < 1.29 is 0 Å². The van der Waals surface area contributed by atoms with E-state index in [2.05, 4.69) is 122 Å². The minimum absolute atomic E-state index is 0.105. The molecule has 0 unspecified atom stereocenters. The summed E-state index contributed by atoms with van der Waals surface area (Å²) in [6.07, 6.45) is 17.7. The first-order chi connectivity index (χ1) is 24.6. The summed E-state index contributed by atoms with van der Waals surface area (Å²) in [6.45, 7) is 4.60. The molecule has 5 aromatic carbocycles. The minimum Gasteiger partial charge on any atom is -0.399 e. The molecular weight excluding hydrogens is 607 g/mol. The number of anilines is 2. The zero-order chi connectivity index (χ0) is 34.5. The van der Waals surface area contributed by atoms with Gasteiger partial charge in [-0.15, -0.1) is 0 Å². The van der Waals surface area contributed by atoms with E-state index in [1.54, 1.807) is 0 Å². The number of fused-ring (bicyclic) bond motifs is 6. The molecule has 0 aliphatic heterocycles. The highest BCUT2D eigenvalue weighted by atomic mass is 15.0. The molecule has 1 aromatic heterocycles. The summed E-state index contributed by atoms with van der Waals surface area (Å²) < 4.78 is 2.40. The van der Waals surface area contributed by atoms with Crippen LogP contribution in [0, 0.1) is 0 Å². The van der Waals surface area contributed by atoms with Gasteiger partial charge in [-0.2, -0.15) is 0 Å². The summed E-state index contributed by atoms with van der Waals surface area (Å²) in [4.78, 5) is 0. The highest BCUT2D eigenvalue weighted by Crippen LogP contribution is 2.58. The summed E-state index contributed by atoms with van der Waals surface area (Å²) in [5.74, 6) is 0. The van der Waals surface area contributed by atoms with Crippen LogP contribution in [0.1, 0.15) is 115 Å². The molecule has 0 radical (unpaired) electrons. The molecule has 1 aliphatic carbocycles. The summed E-state index contributed by atoms with van der Waals surface area (Å²) in [6, 6.07) is 37.7. The van der Waals surface area contributed by atoms with Crippen molar-refractivity contribution in [1.82, 2.24) is 4.57 Å². The topological polar surface area (TPSA) is 57.0 Å². The number of nitrogens with two attached hydrogens (primary N) is 2. The van der Waals surface area contributed by atoms with Crippen LogP contribution in [0.2, 0.25) is 0 Å². The fourth-order valence-electron chi connectivity index (χ4n) is 9.02. The van der Waals surface area contributed by atoms with Crippen LogP contribution in [0.4, 0.5) is 11.4 Å². The Bertz CT molecular complexity index is 2000. The predicted octanol–water partition coefficient (Wildman–Crippen LogP) is 13.4. The van der Waals surface area contributed by atoms with E-state index in [-0.39, 0.29) is 5.41 Å². The molecule has 0 spiro atoms. The fraction of sp³-hybridized carbons (Fsp3) is 0.362. The average Bonchev–Trinajstić information content (AvgIpc) is 3.61. The molecule has 7 rings (SSSR count). The van der Waals surface area contributed by atoms with Gasteiger partial charge in [0.15, 0.2) is 0 Å². The van der Waals surface area contributed by atoms with Crippen molar-refractivity contribution in [1.29, 1.82) is 0 Å². The zero-order valence-electron chi connectivity index (χ0n) is 30.3. The first-order valence-electron chi connectivity index (χ1n) is 19.5. The van der Waals surface area contributed by atoms with E-state index in [0.29, 0.717) is 0 Å². The van der Waals surface area contributed by atoms with Gasteiger partial charge in [0.25, 0.3) is 0 Å². The molecule has 0 saturated carbocycles. The maximum Gasteiger partial charge on any atom is 0.0541 e. The Kier molecular flexibility index (Phi) is 10.3. The number of benzene rings is 5. The van der Waals surface area contributed by atoms with Crippen LogP contribution in [-0.2, 0) is 5.41 Å². The second-order valence-corrected chi connectivity index (χ2v) is 14.8. The van der Waals surface area contributed by atoms with Gasteiger partial charge in [-0.3, -0.25) is 0 Å². The van der Waals surface area contributed by atoms with Crippen molar-refractivity contribution in [3.8, 4) is 27.9 Å². The van der Waals surface area contributed by atoms with E-state index >= 15 is 0 Å². The second kappa shape index (κ2) is 15.2. The van der Waals surface area contributed by atoms with Crippen molar-refractivity contribution in [2.75, 3.05) is 11.5 Å². The lowest BCUT2D eigenvalue weighted by atomic mass is 9.68. The molecule has 0 bridgehead atoms. The molecule has 50 heavy (non-hydrogen) atoms. The first-order valence-corrected chi connectivity index (χ1v) is 19.5. The number of nitrogen functional groups attached to an aromatic ring is 2. The SMILES string of the molecule is CCCCCCCCC1(CCCCCCCC)c2cc(N)ccc2-c2ccc(N)c(-c3ccc(-n4c5ccccc5c5ccccc54)cc3)c21. The lowest BCUT2D eigenvalue weighted by Gasteiger charge is -2.35. The van der Waals surface area contributed by atoms with Gasteiger partial charge in [0.05, 0.1) is 11.0 Å². The normalized spacial score (nSPS) is 13.2. The van der Waals surface area contributed by atoms with Crippen LogP contribution >= 0.6 is 0 Å². The molecule has 1 aliphatic rings. The summed E-state index contributed by atoms with van der Waals surface area (Å²) in [5.41, 5.74) is 26.9. The highest BCUT2D eigenvalue weighted by molar-refractivity contribution is 6.09. The average molecular weight is 662 g/mol. The van der Waals surface area contributed by atoms with Gasteiger partial charge < -0.3 is 16.0 Å². The van der Waals surface area contributed by atoms with Crippen molar-refractivity contribution in [3.05, 3.63) is 114 Å². The van der Waals surface area contributed by atoms with Crippen molar-refractivity contribution in [3.63, 3.8) is 0 Å². The number of hydrogen-bond donors (Lipinski definition) is 2. The van der Waals surface area contributed by atoms with Crippen LogP contribution < -0.4 is 11.5 Å². The van der Waals surface area contributed by atoms with Gasteiger partial charge >= 0.3 is 0 Å². The molecule has 1 heterocycles. The monoisotopic (exact) mass is 661 g/mol. The van der Waals surface area contributed by atoms with E-state index in [0.717, 1.165) is 24.2 Å². The van der Waals surface area contributed by atoms with Gasteiger partial charge in [0.2, 0.25) is 0 Å². The lowest BCUT2D eigenvalue weighted by Crippen LogP contribution is -2.27. The van der Waals surface area contributed by atoms with Gasteiger partial charge in [-0.25, -0.2) is 0 Å². The molecule has 0 amide bonds. The summed E-state index contributed by atoms with van der Waals surface area (Å²) in [5, 5.41) is 2.56. The molecule has 258 valence electrons. The third-order valence-corrected chi connectivity index (χ3v) is 11.5. The number of para-hydroxylation sites is 2. The van der Waals surface area contributed by atoms with Crippen LogP contribution in [-0.4, -0.2) is 4.57 Å². The third-order valence-electron chi connectivity index (χ3n) is 11.5. The van der Waals surface area contributed by atoms with Crippen LogP contribution in [0.5, 0.6) is 0 Å². The molecule has 3 nitrogen and oxygen atoms in total. The molecule has 3 heteroatoms. The Labute approximate surface area is 299 Å². The summed E-state index contributed by atoms with van der Waals surface area (Å²) in [7, 11) is 0. The van der Waals surface area contributed by atoms with Gasteiger partial charge in [0.1, 0.15) is 0 Å². The Morgan fingerprint density at radius 3 is 1.68 bits per heavy atom. The van der Waals surface area contributed by atoms with Crippen LogP contribution in [0.3, 0.4) is 0 Å². The van der Waals surface area contributed by atoms with Gasteiger partial charge in [-0.05, 0) is 83.1 Å². The molecule has 4 N–H and O–H groups in total. The quantitative estimate of drug-likeness (QED) is 0.0801. The van der Waals surface area contributed by atoms with Crippen LogP contribution in [0.25, 0.3) is 49.7 Å². The third kappa shape index (κ3) is 6.32. The van der Waals surface area contributed by atoms with Crippen molar-refractivity contribution >= 4 is 33.2 Å². The minimum atomic E-state index is -0.105. The number of aromatic nitrogens is 1. The van der Waals surface area contributed by atoms with E-state index in [1.165, 1.54) is 138 Å². The van der Waals surface area contributed by atoms with Gasteiger partial charge in [-0.1, -0.05) is 152 Å². The van der Waals surface area contributed by atoms with Crippen LogP contribution in [0.15, 0.2) is 103 Å². The second-order valence-electron chi connectivity index (χ2n) is 14.8. The van der Waals surface area contributed by atoms with E-state index in [4.69, 9.17) is 11.5 Å². The maximum atomic E-state index is 7.08. The Morgan fingerprint density at radius 1 is 0.540 bits per heavy atom. The number of rotatable bonds is 16. The van der Waals surface area contributed by atoms with Crippen molar-refractivity contribution in [2.24, 2.45) is 0 Å². The fourth-order valence-corrected chi connectivity index (χ4v) is 9.02. The maximum absolute atomic E-state index is 7.08. The Morgan fingerprint density at radius 2 is 1.08 bits per heavy atom. The zero-order valence-corrected chi connectivity index (χ0v) is 30.3. The predicted molar refractivity (Wildman–Crippen MR) is 217 cm³/mol. The number of hydrogen-bond acceptors (Lipinski definition) is 2. The van der Waals surface area contributed by atoms with E-state index in [9.17, 15) is 0 Å². The lowest BCUT2D eigenvalue weighted by molar-refractivity contribution is 0.399. The van der Waals surface area contributed by atoms with Crippen molar-refractivity contribution in [2.45, 2.75) is 109 Å². The first kappa shape index (κ1) is 34.0. The molecular formula is C47H55N3. The van der Waals surface area contributed by atoms with Gasteiger partial charge in [0, 0.05) is 38.8 Å². The molecule has 6 aromatic rings. The highest BCUT2D eigenvalue weighted by Gasteiger charge is 2.44.